The number of Topliss-reactive ketones (excluding diaryl/α,β-unsaturated/α-hetero) is 2. The summed E-state index contributed by atoms with van der Waals surface area (Å²) in [6.45, 7) is 9.20. The van der Waals surface area contributed by atoms with Crippen molar-refractivity contribution < 1.29 is 19.1 Å². The highest BCUT2D eigenvalue weighted by molar-refractivity contribution is 6.32. The SMILES string of the molecule is C#CCOc1c(Cl)cc(C2C3=C(CC(C)(C)CC3=O)N(Cc3ccccc3)C3=C2C(=O)CC(C)(C)C3)cc1OC. The molecule has 0 spiro atoms. The van der Waals surface area contributed by atoms with Crippen LogP contribution in [0, 0.1) is 23.2 Å². The van der Waals surface area contributed by atoms with Gasteiger partial charge in [-0.05, 0) is 46.9 Å². The van der Waals surface area contributed by atoms with Gasteiger partial charge in [-0.25, -0.2) is 0 Å². The second-order valence-corrected chi connectivity index (χ2v) is 13.0. The van der Waals surface area contributed by atoms with Crippen LogP contribution in [-0.4, -0.2) is 30.2 Å². The van der Waals surface area contributed by atoms with Gasteiger partial charge in [-0.3, -0.25) is 9.59 Å². The van der Waals surface area contributed by atoms with Gasteiger partial charge < -0.3 is 14.4 Å². The van der Waals surface area contributed by atoms with Crippen molar-refractivity contribution in [2.45, 2.75) is 65.8 Å². The summed E-state index contributed by atoms with van der Waals surface area (Å²) in [7, 11) is 1.54. The van der Waals surface area contributed by atoms with Gasteiger partial charge in [0.1, 0.15) is 6.61 Å². The number of rotatable bonds is 6. The van der Waals surface area contributed by atoms with E-state index < -0.39 is 5.92 Å². The van der Waals surface area contributed by atoms with Crippen LogP contribution in [0.25, 0.3) is 0 Å². The number of terminal acetylenes is 1. The molecule has 0 atom stereocenters. The van der Waals surface area contributed by atoms with E-state index in [2.05, 4.69) is 50.6 Å². The van der Waals surface area contributed by atoms with Crippen molar-refractivity contribution >= 4 is 23.2 Å². The molecule has 1 aliphatic heterocycles. The Morgan fingerprint density at radius 3 is 2.05 bits per heavy atom. The molecule has 0 saturated heterocycles. The first kappa shape index (κ1) is 28.1. The van der Waals surface area contributed by atoms with Crippen LogP contribution >= 0.6 is 11.6 Å². The molecular weight excluding hydrogens is 522 g/mol. The van der Waals surface area contributed by atoms with E-state index >= 15 is 0 Å². The summed E-state index contributed by atoms with van der Waals surface area (Å²) in [5, 5.41) is 0.327. The summed E-state index contributed by atoms with van der Waals surface area (Å²) in [6, 6.07) is 13.9. The first-order valence-corrected chi connectivity index (χ1v) is 14.1. The van der Waals surface area contributed by atoms with Gasteiger partial charge in [0.05, 0.1) is 12.1 Å². The van der Waals surface area contributed by atoms with Crippen LogP contribution in [-0.2, 0) is 16.1 Å². The molecule has 2 aromatic carbocycles. The molecule has 40 heavy (non-hydrogen) atoms. The molecule has 0 unspecified atom stereocenters. The number of hydrogen-bond acceptors (Lipinski definition) is 5. The first-order valence-electron chi connectivity index (χ1n) is 13.7. The Morgan fingerprint density at radius 1 is 0.950 bits per heavy atom. The molecule has 2 aromatic rings. The summed E-state index contributed by atoms with van der Waals surface area (Å²) < 4.78 is 11.3. The number of carbonyl (C=O) groups is 2. The van der Waals surface area contributed by atoms with Crippen LogP contribution in [0.15, 0.2) is 65.0 Å². The fourth-order valence-electron chi connectivity index (χ4n) is 6.50. The minimum absolute atomic E-state index is 0.0407. The van der Waals surface area contributed by atoms with Crippen LogP contribution in [0.5, 0.6) is 11.5 Å². The van der Waals surface area contributed by atoms with Gasteiger partial charge in [-0.2, -0.15) is 0 Å². The molecule has 0 amide bonds. The number of ketones is 2. The maximum absolute atomic E-state index is 14.1. The number of allylic oxidation sites excluding steroid dienone is 4. The summed E-state index contributed by atoms with van der Waals surface area (Å²) in [6.07, 6.45) is 7.70. The van der Waals surface area contributed by atoms with Crippen molar-refractivity contribution in [2.24, 2.45) is 10.8 Å². The van der Waals surface area contributed by atoms with Gasteiger partial charge in [0.2, 0.25) is 0 Å². The minimum atomic E-state index is -0.530. The lowest BCUT2D eigenvalue weighted by atomic mass is 9.63. The van der Waals surface area contributed by atoms with E-state index in [9.17, 15) is 9.59 Å². The second kappa shape index (κ2) is 10.5. The summed E-state index contributed by atoms with van der Waals surface area (Å²) >= 11 is 6.73. The zero-order chi connectivity index (χ0) is 28.8. The number of halogens is 1. The summed E-state index contributed by atoms with van der Waals surface area (Å²) in [5.74, 6) is 2.83. The van der Waals surface area contributed by atoms with Gasteiger partial charge in [0.15, 0.2) is 23.1 Å². The van der Waals surface area contributed by atoms with Crippen LogP contribution in [0.2, 0.25) is 5.02 Å². The lowest BCUT2D eigenvalue weighted by molar-refractivity contribution is -0.119. The van der Waals surface area contributed by atoms with Crippen molar-refractivity contribution in [1.82, 2.24) is 4.90 Å². The van der Waals surface area contributed by atoms with E-state index in [-0.39, 0.29) is 29.0 Å². The molecule has 0 fully saturated rings. The summed E-state index contributed by atoms with van der Waals surface area (Å²) in [4.78, 5) is 30.4. The molecule has 0 N–H and O–H groups in total. The second-order valence-electron chi connectivity index (χ2n) is 12.6. The average molecular weight is 558 g/mol. The Kier molecular flexibility index (Phi) is 7.35. The molecule has 0 saturated carbocycles. The number of methoxy groups -OCH3 is 1. The van der Waals surface area contributed by atoms with E-state index in [0.717, 1.165) is 35.4 Å². The molecular formula is C34H36ClNO4. The quantitative estimate of drug-likeness (QED) is 0.350. The predicted molar refractivity (Wildman–Crippen MR) is 157 cm³/mol. The molecule has 0 aromatic heterocycles. The molecule has 3 aliphatic rings. The number of hydrogen-bond donors (Lipinski definition) is 0. The molecule has 208 valence electrons. The topological polar surface area (TPSA) is 55.8 Å². The number of nitrogens with zero attached hydrogens (tertiary/aromatic N) is 1. The molecule has 5 rings (SSSR count). The fraction of sp³-hybridized carbons (Fsp3) is 0.412. The van der Waals surface area contributed by atoms with E-state index in [1.807, 2.05) is 24.3 Å². The lowest BCUT2D eigenvalue weighted by Crippen LogP contribution is -2.44. The maximum atomic E-state index is 14.1. The third-order valence-corrected chi connectivity index (χ3v) is 8.37. The van der Waals surface area contributed by atoms with Crippen LogP contribution in [0.1, 0.15) is 70.4 Å². The third-order valence-electron chi connectivity index (χ3n) is 8.09. The molecule has 6 heteroatoms. The Morgan fingerprint density at radius 2 is 1.52 bits per heavy atom. The highest BCUT2D eigenvalue weighted by Crippen LogP contribution is 2.55. The smallest absolute Gasteiger partial charge is 0.181 e. The van der Waals surface area contributed by atoms with E-state index in [4.69, 9.17) is 27.5 Å². The Bertz CT molecular complexity index is 1420. The molecule has 1 heterocycles. The van der Waals surface area contributed by atoms with Gasteiger partial charge >= 0.3 is 0 Å². The lowest BCUT2D eigenvalue weighted by Gasteiger charge is -2.49. The number of ether oxygens (including phenoxy) is 2. The van der Waals surface area contributed by atoms with Gasteiger partial charge in [0, 0.05) is 47.8 Å². The zero-order valence-corrected chi connectivity index (χ0v) is 24.7. The first-order chi connectivity index (χ1) is 18.9. The van der Waals surface area contributed by atoms with Crippen molar-refractivity contribution in [2.75, 3.05) is 13.7 Å². The monoisotopic (exact) mass is 557 g/mol. The van der Waals surface area contributed by atoms with Crippen molar-refractivity contribution in [3.63, 3.8) is 0 Å². The predicted octanol–water partition coefficient (Wildman–Crippen LogP) is 7.25. The standard InChI is InChI=1S/C34H36ClNO4/c1-7-13-40-32-23(35)14-22(15-28(32)39-6)29-30-24(16-33(2,3)18-26(30)37)36(20-21-11-9-8-10-12-21)25-17-34(4,5)19-27(38)31(25)29/h1,8-12,14-15,29H,13,16-20H2,2-6H3. The zero-order valence-electron chi connectivity index (χ0n) is 23.9. The Labute approximate surface area is 242 Å². The van der Waals surface area contributed by atoms with E-state index in [1.54, 1.807) is 13.2 Å². The van der Waals surface area contributed by atoms with Crippen LogP contribution in [0.4, 0.5) is 0 Å². The summed E-state index contributed by atoms with van der Waals surface area (Å²) in [5.41, 5.74) is 4.86. The van der Waals surface area contributed by atoms with E-state index in [1.165, 1.54) is 0 Å². The third kappa shape index (κ3) is 5.18. The van der Waals surface area contributed by atoms with Crippen LogP contribution in [0.3, 0.4) is 0 Å². The van der Waals surface area contributed by atoms with E-state index in [0.29, 0.717) is 47.1 Å². The highest BCUT2D eigenvalue weighted by atomic mass is 35.5. The molecule has 0 radical (unpaired) electrons. The largest absolute Gasteiger partial charge is 0.493 e. The highest BCUT2D eigenvalue weighted by Gasteiger charge is 2.49. The number of benzene rings is 2. The van der Waals surface area contributed by atoms with Crippen LogP contribution < -0.4 is 9.47 Å². The van der Waals surface area contributed by atoms with Gasteiger partial charge in [-0.1, -0.05) is 75.5 Å². The normalized spacial score (nSPS) is 20.2. The Balaban J connectivity index is 1.76. The minimum Gasteiger partial charge on any atom is -0.493 e. The molecule has 5 nitrogen and oxygen atoms in total. The molecule has 0 bridgehead atoms. The number of carbonyl (C=O) groups excluding carboxylic acids is 2. The van der Waals surface area contributed by atoms with Crippen molar-refractivity contribution in [3.05, 3.63) is 81.2 Å². The van der Waals surface area contributed by atoms with Crippen molar-refractivity contribution in [1.29, 1.82) is 0 Å². The average Bonchev–Trinajstić information content (AvgIpc) is 2.87. The van der Waals surface area contributed by atoms with Crippen molar-refractivity contribution in [3.8, 4) is 23.8 Å². The molecule has 2 aliphatic carbocycles. The Hall–Kier alpha value is -3.49. The fourth-order valence-corrected chi connectivity index (χ4v) is 6.77. The van der Waals surface area contributed by atoms with Gasteiger partial charge in [-0.15, -0.1) is 6.42 Å². The van der Waals surface area contributed by atoms with Gasteiger partial charge in [0.25, 0.3) is 0 Å². The maximum Gasteiger partial charge on any atom is 0.181 e.